The molecule has 0 unspecified atom stereocenters. The Morgan fingerprint density at radius 2 is 2.00 bits per heavy atom. The standard InChI is InChI=1S/C17H12Cl2N2O4/c1-9(16(22)21-15-12(19)7-11(18)8-20-15)24-17(23)14-6-10-4-2-3-5-13(10)25-14/h2-9H,1H3,(H,20,21,22)/t9-/m0/s1. The third-order valence-corrected chi connectivity index (χ3v) is 3.82. The van der Waals surface area contributed by atoms with Gasteiger partial charge in [-0.1, -0.05) is 41.4 Å². The molecule has 1 amide bonds. The van der Waals surface area contributed by atoms with Crippen LogP contribution in [0.5, 0.6) is 0 Å². The first-order chi connectivity index (χ1) is 11.9. The predicted octanol–water partition coefficient (Wildman–Crippen LogP) is 4.32. The molecule has 0 saturated heterocycles. The summed E-state index contributed by atoms with van der Waals surface area (Å²) in [4.78, 5) is 28.2. The van der Waals surface area contributed by atoms with E-state index in [1.165, 1.54) is 19.2 Å². The van der Waals surface area contributed by atoms with Gasteiger partial charge in [0.25, 0.3) is 5.91 Å². The highest BCUT2D eigenvalue weighted by Gasteiger charge is 2.22. The van der Waals surface area contributed by atoms with Gasteiger partial charge in [0.05, 0.1) is 10.0 Å². The number of hydrogen-bond donors (Lipinski definition) is 1. The smallest absolute Gasteiger partial charge is 0.375 e. The number of carbonyl (C=O) groups is 2. The fourth-order valence-electron chi connectivity index (χ4n) is 2.08. The van der Waals surface area contributed by atoms with E-state index in [-0.39, 0.29) is 16.6 Å². The first kappa shape index (κ1) is 17.3. The van der Waals surface area contributed by atoms with Gasteiger partial charge in [0.15, 0.2) is 11.9 Å². The van der Waals surface area contributed by atoms with E-state index >= 15 is 0 Å². The Balaban J connectivity index is 1.67. The largest absolute Gasteiger partial charge is 0.449 e. The number of pyridine rings is 1. The number of halogens is 2. The summed E-state index contributed by atoms with van der Waals surface area (Å²) >= 11 is 11.7. The first-order valence-electron chi connectivity index (χ1n) is 7.25. The molecule has 3 rings (SSSR count). The highest BCUT2D eigenvalue weighted by molar-refractivity contribution is 6.36. The molecule has 8 heteroatoms. The maximum atomic E-state index is 12.1. The van der Waals surface area contributed by atoms with Crippen LogP contribution in [0.25, 0.3) is 11.0 Å². The van der Waals surface area contributed by atoms with Crippen molar-refractivity contribution in [3.05, 3.63) is 58.4 Å². The number of aromatic nitrogens is 1. The quantitative estimate of drug-likeness (QED) is 0.683. The monoisotopic (exact) mass is 378 g/mol. The Bertz CT molecular complexity index is 922. The minimum Gasteiger partial charge on any atom is -0.449 e. The Morgan fingerprint density at radius 1 is 1.24 bits per heavy atom. The third kappa shape index (κ3) is 3.92. The summed E-state index contributed by atoms with van der Waals surface area (Å²) in [5.41, 5.74) is 0.559. The lowest BCUT2D eigenvalue weighted by Gasteiger charge is -2.12. The molecule has 1 aromatic carbocycles. The van der Waals surface area contributed by atoms with Gasteiger partial charge in [0.1, 0.15) is 5.58 Å². The molecular formula is C17H12Cl2N2O4. The lowest BCUT2D eigenvalue weighted by Crippen LogP contribution is -2.30. The van der Waals surface area contributed by atoms with Crippen molar-refractivity contribution < 1.29 is 18.7 Å². The van der Waals surface area contributed by atoms with Gasteiger partial charge in [-0.25, -0.2) is 9.78 Å². The molecule has 0 spiro atoms. The van der Waals surface area contributed by atoms with Crippen LogP contribution in [0.4, 0.5) is 5.82 Å². The molecule has 6 nitrogen and oxygen atoms in total. The van der Waals surface area contributed by atoms with Crippen LogP contribution in [0.1, 0.15) is 17.5 Å². The number of anilines is 1. The predicted molar refractivity (Wildman–Crippen MR) is 94.0 cm³/mol. The van der Waals surface area contributed by atoms with E-state index in [2.05, 4.69) is 10.3 Å². The molecule has 2 heterocycles. The molecule has 0 fully saturated rings. The Kier molecular flexibility index (Phi) is 4.92. The maximum absolute atomic E-state index is 12.1. The molecule has 128 valence electrons. The zero-order valence-corrected chi connectivity index (χ0v) is 14.5. The number of furan rings is 1. The average Bonchev–Trinajstić information content (AvgIpc) is 3.01. The number of fused-ring (bicyclic) bond motifs is 1. The van der Waals surface area contributed by atoms with Crippen LogP contribution in [0.15, 0.2) is 47.0 Å². The Hall–Kier alpha value is -2.57. The van der Waals surface area contributed by atoms with Crippen molar-refractivity contribution in [1.29, 1.82) is 0 Å². The summed E-state index contributed by atoms with van der Waals surface area (Å²) in [6.07, 6.45) is 0.267. The molecule has 25 heavy (non-hydrogen) atoms. The van der Waals surface area contributed by atoms with Crippen LogP contribution in [0, 0.1) is 0 Å². The number of rotatable bonds is 4. The number of esters is 1. The molecule has 0 radical (unpaired) electrons. The van der Waals surface area contributed by atoms with Crippen LogP contribution in [-0.4, -0.2) is 23.0 Å². The zero-order chi connectivity index (χ0) is 18.0. The number of hydrogen-bond acceptors (Lipinski definition) is 5. The van der Waals surface area contributed by atoms with E-state index in [1.807, 2.05) is 6.07 Å². The molecule has 0 aliphatic carbocycles. The molecule has 2 aromatic heterocycles. The van der Waals surface area contributed by atoms with Crippen molar-refractivity contribution >= 4 is 51.9 Å². The molecule has 0 bridgehead atoms. The van der Waals surface area contributed by atoms with E-state index in [1.54, 1.807) is 24.3 Å². The summed E-state index contributed by atoms with van der Waals surface area (Å²) < 4.78 is 10.5. The summed E-state index contributed by atoms with van der Waals surface area (Å²) in [5, 5.41) is 3.76. The van der Waals surface area contributed by atoms with E-state index in [4.69, 9.17) is 32.4 Å². The number of para-hydroxylation sites is 1. The number of amides is 1. The lowest BCUT2D eigenvalue weighted by atomic mass is 10.2. The minimum absolute atomic E-state index is 0.0171. The number of carbonyl (C=O) groups excluding carboxylic acids is 2. The summed E-state index contributed by atoms with van der Waals surface area (Å²) in [5.74, 6) is -1.18. The van der Waals surface area contributed by atoms with Crippen molar-refractivity contribution in [2.24, 2.45) is 0 Å². The first-order valence-corrected chi connectivity index (χ1v) is 8.01. The second kappa shape index (κ2) is 7.13. The fraction of sp³-hybridized carbons (Fsp3) is 0.118. The highest BCUT2D eigenvalue weighted by atomic mass is 35.5. The molecule has 0 saturated carbocycles. The summed E-state index contributed by atoms with van der Waals surface area (Å²) in [6.45, 7) is 1.43. The van der Waals surface area contributed by atoms with Crippen LogP contribution in [0.3, 0.4) is 0 Å². The van der Waals surface area contributed by atoms with Crippen molar-refractivity contribution in [3.63, 3.8) is 0 Å². The minimum atomic E-state index is -1.07. The molecular weight excluding hydrogens is 367 g/mol. The highest BCUT2D eigenvalue weighted by Crippen LogP contribution is 2.23. The van der Waals surface area contributed by atoms with Crippen LogP contribution >= 0.6 is 23.2 Å². The number of ether oxygens (including phenoxy) is 1. The molecule has 1 N–H and O–H groups in total. The van der Waals surface area contributed by atoms with Gasteiger partial charge in [0, 0.05) is 11.6 Å². The number of nitrogens with zero attached hydrogens (tertiary/aromatic N) is 1. The second-order valence-electron chi connectivity index (χ2n) is 5.17. The van der Waals surface area contributed by atoms with Crippen molar-refractivity contribution in [2.75, 3.05) is 5.32 Å². The van der Waals surface area contributed by atoms with Gasteiger partial charge in [0.2, 0.25) is 5.76 Å². The Morgan fingerprint density at radius 3 is 2.72 bits per heavy atom. The lowest BCUT2D eigenvalue weighted by molar-refractivity contribution is -0.123. The van der Waals surface area contributed by atoms with Crippen LogP contribution in [0.2, 0.25) is 10.0 Å². The maximum Gasteiger partial charge on any atom is 0.375 e. The van der Waals surface area contributed by atoms with Crippen LogP contribution in [-0.2, 0) is 9.53 Å². The SMILES string of the molecule is C[C@H](OC(=O)c1cc2ccccc2o1)C(=O)Nc1ncc(Cl)cc1Cl. The summed E-state index contributed by atoms with van der Waals surface area (Å²) in [7, 11) is 0. The molecule has 3 aromatic rings. The topological polar surface area (TPSA) is 81.4 Å². The van der Waals surface area contributed by atoms with Gasteiger partial charge >= 0.3 is 5.97 Å². The number of nitrogens with one attached hydrogen (secondary N) is 1. The van der Waals surface area contributed by atoms with Gasteiger partial charge in [-0.15, -0.1) is 0 Å². The van der Waals surface area contributed by atoms with Gasteiger partial charge in [-0.05, 0) is 25.1 Å². The molecule has 0 aliphatic rings. The van der Waals surface area contributed by atoms with Crippen molar-refractivity contribution in [1.82, 2.24) is 4.98 Å². The van der Waals surface area contributed by atoms with Gasteiger partial charge < -0.3 is 14.5 Å². The van der Waals surface area contributed by atoms with Gasteiger partial charge in [-0.2, -0.15) is 0 Å². The zero-order valence-electron chi connectivity index (χ0n) is 13.0. The average molecular weight is 379 g/mol. The molecule has 0 aliphatic heterocycles. The second-order valence-corrected chi connectivity index (χ2v) is 6.01. The summed E-state index contributed by atoms with van der Waals surface area (Å²) in [6, 6.07) is 10.2. The number of benzene rings is 1. The van der Waals surface area contributed by atoms with E-state index in [9.17, 15) is 9.59 Å². The van der Waals surface area contributed by atoms with E-state index in [0.29, 0.717) is 10.6 Å². The molecule has 1 atom stereocenters. The van der Waals surface area contributed by atoms with Gasteiger partial charge in [-0.3, -0.25) is 4.79 Å². The van der Waals surface area contributed by atoms with E-state index in [0.717, 1.165) is 5.39 Å². The van der Waals surface area contributed by atoms with Crippen molar-refractivity contribution in [2.45, 2.75) is 13.0 Å². The van der Waals surface area contributed by atoms with Crippen molar-refractivity contribution in [3.8, 4) is 0 Å². The van der Waals surface area contributed by atoms with E-state index < -0.39 is 18.0 Å². The fourth-order valence-corrected chi connectivity index (χ4v) is 2.51. The van der Waals surface area contributed by atoms with Crippen LogP contribution < -0.4 is 5.32 Å². The Labute approximate surface area is 152 Å². The normalized spacial score (nSPS) is 12.0. The third-order valence-electron chi connectivity index (χ3n) is 3.33.